The molecule has 0 aromatic heterocycles. The summed E-state index contributed by atoms with van der Waals surface area (Å²) in [6, 6.07) is 5.28. The molecule has 8 N–H and O–H groups in total. The summed E-state index contributed by atoms with van der Waals surface area (Å²) in [6.45, 7) is 2.98. The second kappa shape index (κ2) is 12.3. The third-order valence-electron chi connectivity index (χ3n) is 4.39. The van der Waals surface area contributed by atoms with E-state index in [4.69, 9.17) is 11.5 Å². The number of amides is 4. The zero-order valence-corrected chi connectivity index (χ0v) is 17.5. The van der Waals surface area contributed by atoms with Gasteiger partial charge in [-0.15, -0.1) is 0 Å². The van der Waals surface area contributed by atoms with Crippen molar-refractivity contribution in [1.29, 1.82) is 0 Å². The first-order chi connectivity index (χ1) is 14.5. The number of carbonyl (C=O) groups excluding carboxylic acids is 4. The maximum absolute atomic E-state index is 12.9. The summed E-state index contributed by atoms with van der Waals surface area (Å²) < 4.78 is 0. The third kappa shape index (κ3) is 8.83. The van der Waals surface area contributed by atoms with Gasteiger partial charge in [-0.05, 0) is 11.5 Å². The molecule has 0 saturated heterocycles. The normalized spacial score (nSPS) is 13.5. The lowest BCUT2D eigenvalue weighted by molar-refractivity contribution is -0.144. The fourth-order valence-corrected chi connectivity index (χ4v) is 2.76. The molecule has 0 aliphatic carbocycles. The molecule has 0 aliphatic heterocycles. The standard InChI is InChI=1S/C20H29N5O6/c1-11(2)17(19(29)24-14(20(30)31)9-15(22)26)25-18(28)13(23-16(27)10-21)8-12-6-4-3-5-7-12/h3-7,11,13-14,17H,8-10,21H2,1-2H3,(H2,22,26)(H,23,27)(H,24,29)(H,25,28)(H,30,31). The fourth-order valence-electron chi connectivity index (χ4n) is 2.76. The maximum atomic E-state index is 12.9. The number of carboxylic acids is 1. The first-order valence-corrected chi connectivity index (χ1v) is 9.70. The van der Waals surface area contributed by atoms with E-state index >= 15 is 0 Å². The Morgan fingerprint density at radius 1 is 0.935 bits per heavy atom. The van der Waals surface area contributed by atoms with Crippen molar-refractivity contribution in [3.63, 3.8) is 0 Å². The van der Waals surface area contributed by atoms with Gasteiger partial charge >= 0.3 is 5.97 Å². The van der Waals surface area contributed by atoms with Crippen LogP contribution in [0.15, 0.2) is 30.3 Å². The minimum atomic E-state index is -1.53. The first-order valence-electron chi connectivity index (χ1n) is 9.70. The highest BCUT2D eigenvalue weighted by atomic mass is 16.4. The highest BCUT2D eigenvalue weighted by molar-refractivity contribution is 5.94. The number of nitrogens with two attached hydrogens (primary N) is 2. The number of rotatable bonds is 12. The van der Waals surface area contributed by atoms with Crippen LogP contribution in [0.5, 0.6) is 0 Å². The summed E-state index contributed by atoms with van der Waals surface area (Å²) in [4.78, 5) is 59.6. The smallest absolute Gasteiger partial charge is 0.326 e. The topological polar surface area (TPSA) is 194 Å². The van der Waals surface area contributed by atoms with Crippen molar-refractivity contribution in [2.75, 3.05) is 6.54 Å². The number of hydrogen-bond donors (Lipinski definition) is 6. The van der Waals surface area contributed by atoms with Crippen LogP contribution in [0.1, 0.15) is 25.8 Å². The summed E-state index contributed by atoms with van der Waals surface area (Å²) >= 11 is 0. The molecule has 170 valence electrons. The highest BCUT2D eigenvalue weighted by Gasteiger charge is 2.31. The van der Waals surface area contributed by atoms with Gasteiger partial charge in [-0.3, -0.25) is 19.2 Å². The van der Waals surface area contributed by atoms with E-state index < -0.39 is 60.1 Å². The molecular formula is C20H29N5O6. The lowest BCUT2D eigenvalue weighted by Crippen LogP contribution is -2.58. The number of carboxylic acid groups (broad SMARTS) is 1. The van der Waals surface area contributed by atoms with Crippen LogP contribution in [0.25, 0.3) is 0 Å². The molecule has 31 heavy (non-hydrogen) atoms. The second-order valence-corrected chi connectivity index (χ2v) is 7.31. The van der Waals surface area contributed by atoms with E-state index in [9.17, 15) is 29.1 Å². The first kappa shape index (κ1) is 25.6. The zero-order chi connectivity index (χ0) is 23.6. The Balaban J connectivity index is 2.98. The summed E-state index contributed by atoms with van der Waals surface area (Å²) in [5, 5.41) is 16.5. The van der Waals surface area contributed by atoms with E-state index in [-0.39, 0.29) is 13.0 Å². The van der Waals surface area contributed by atoms with Crippen LogP contribution in [0.4, 0.5) is 0 Å². The van der Waals surface area contributed by atoms with Gasteiger partial charge in [0.2, 0.25) is 23.6 Å². The van der Waals surface area contributed by atoms with E-state index in [2.05, 4.69) is 16.0 Å². The molecule has 11 nitrogen and oxygen atoms in total. The average Bonchev–Trinajstić information content (AvgIpc) is 2.70. The summed E-state index contributed by atoms with van der Waals surface area (Å²) in [6.07, 6.45) is -0.437. The third-order valence-corrected chi connectivity index (χ3v) is 4.39. The summed E-state index contributed by atoms with van der Waals surface area (Å²) in [5.74, 6) is -4.73. The van der Waals surface area contributed by atoms with E-state index in [0.29, 0.717) is 0 Å². The van der Waals surface area contributed by atoms with Crippen LogP contribution >= 0.6 is 0 Å². The molecule has 3 atom stereocenters. The molecule has 0 spiro atoms. The van der Waals surface area contributed by atoms with Crippen molar-refractivity contribution >= 4 is 29.6 Å². The van der Waals surface area contributed by atoms with Gasteiger partial charge in [-0.2, -0.15) is 0 Å². The summed E-state index contributed by atoms with van der Waals surface area (Å²) in [7, 11) is 0. The Labute approximate surface area is 179 Å². The van der Waals surface area contributed by atoms with E-state index in [0.717, 1.165) is 5.56 Å². The largest absolute Gasteiger partial charge is 0.480 e. The predicted molar refractivity (Wildman–Crippen MR) is 111 cm³/mol. The van der Waals surface area contributed by atoms with Gasteiger partial charge in [0, 0.05) is 6.42 Å². The van der Waals surface area contributed by atoms with Crippen LogP contribution in [-0.4, -0.2) is 59.4 Å². The Morgan fingerprint density at radius 2 is 1.55 bits per heavy atom. The van der Waals surface area contributed by atoms with Crippen molar-refractivity contribution in [3.05, 3.63) is 35.9 Å². The van der Waals surface area contributed by atoms with Crippen LogP contribution in [-0.2, 0) is 30.4 Å². The molecule has 0 saturated carbocycles. The lowest BCUT2D eigenvalue weighted by atomic mass is 10.0. The molecule has 1 aromatic rings. The Kier molecular flexibility index (Phi) is 10.1. The van der Waals surface area contributed by atoms with Gasteiger partial charge in [-0.1, -0.05) is 44.2 Å². The van der Waals surface area contributed by atoms with Crippen LogP contribution in [0.2, 0.25) is 0 Å². The monoisotopic (exact) mass is 435 g/mol. The number of aliphatic carboxylic acids is 1. The van der Waals surface area contributed by atoms with Crippen LogP contribution in [0.3, 0.4) is 0 Å². The molecular weight excluding hydrogens is 406 g/mol. The van der Waals surface area contributed by atoms with Crippen molar-refractivity contribution in [1.82, 2.24) is 16.0 Å². The fraction of sp³-hybridized carbons (Fsp3) is 0.450. The Hall–Kier alpha value is -3.47. The maximum Gasteiger partial charge on any atom is 0.326 e. The molecule has 1 rings (SSSR count). The number of hydrogen-bond acceptors (Lipinski definition) is 6. The molecule has 0 bridgehead atoms. The lowest BCUT2D eigenvalue weighted by Gasteiger charge is -2.26. The van der Waals surface area contributed by atoms with Crippen LogP contribution in [0, 0.1) is 5.92 Å². The zero-order valence-electron chi connectivity index (χ0n) is 17.5. The Bertz CT molecular complexity index is 799. The molecule has 4 amide bonds. The van der Waals surface area contributed by atoms with E-state index in [1.54, 1.807) is 44.2 Å². The predicted octanol–water partition coefficient (Wildman–Crippen LogP) is -1.74. The molecule has 0 heterocycles. The molecule has 11 heteroatoms. The highest BCUT2D eigenvalue weighted by Crippen LogP contribution is 2.07. The van der Waals surface area contributed by atoms with Gasteiger partial charge in [-0.25, -0.2) is 4.79 Å². The number of carbonyl (C=O) groups is 5. The van der Waals surface area contributed by atoms with Crippen molar-refractivity contribution < 1.29 is 29.1 Å². The number of primary amides is 1. The van der Waals surface area contributed by atoms with Gasteiger partial charge < -0.3 is 32.5 Å². The second-order valence-electron chi connectivity index (χ2n) is 7.31. The van der Waals surface area contributed by atoms with Crippen LogP contribution < -0.4 is 27.4 Å². The van der Waals surface area contributed by atoms with E-state index in [1.165, 1.54) is 0 Å². The van der Waals surface area contributed by atoms with Crippen molar-refractivity contribution in [2.45, 2.75) is 44.8 Å². The molecule has 0 radical (unpaired) electrons. The van der Waals surface area contributed by atoms with Gasteiger partial charge in [0.1, 0.15) is 18.1 Å². The molecule has 0 aliphatic rings. The summed E-state index contributed by atoms with van der Waals surface area (Å²) in [5.41, 5.74) is 11.1. The van der Waals surface area contributed by atoms with Crippen molar-refractivity contribution in [2.24, 2.45) is 17.4 Å². The number of benzene rings is 1. The average molecular weight is 435 g/mol. The van der Waals surface area contributed by atoms with E-state index in [1.807, 2.05) is 0 Å². The SMILES string of the molecule is CC(C)C(NC(=O)C(Cc1ccccc1)NC(=O)CN)C(=O)NC(CC(N)=O)C(=O)O. The minimum absolute atomic E-state index is 0.157. The van der Waals surface area contributed by atoms with Gasteiger partial charge in [0.05, 0.1) is 13.0 Å². The van der Waals surface area contributed by atoms with Crippen molar-refractivity contribution in [3.8, 4) is 0 Å². The Morgan fingerprint density at radius 3 is 2.03 bits per heavy atom. The van der Waals surface area contributed by atoms with Gasteiger partial charge in [0.25, 0.3) is 0 Å². The number of nitrogens with one attached hydrogen (secondary N) is 3. The molecule has 3 unspecified atom stereocenters. The quantitative estimate of drug-likeness (QED) is 0.224. The molecule has 0 fully saturated rings. The minimum Gasteiger partial charge on any atom is -0.480 e. The van der Waals surface area contributed by atoms with Gasteiger partial charge in [0.15, 0.2) is 0 Å². The molecule has 1 aromatic carbocycles.